The highest BCUT2D eigenvalue weighted by Gasteiger charge is 2.17. The van der Waals surface area contributed by atoms with Crippen molar-refractivity contribution in [1.82, 2.24) is 24.9 Å². The highest BCUT2D eigenvalue weighted by molar-refractivity contribution is 6.11. The first-order chi connectivity index (χ1) is 16.1. The maximum Gasteiger partial charge on any atom is 0.276 e. The van der Waals surface area contributed by atoms with E-state index in [1.165, 1.54) is 6.20 Å². The Bertz CT molecular complexity index is 1470. The predicted molar refractivity (Wildman–Crippen MR) is 123 cm³/mol. The smallest absolute Gasteiger partial charge is 0.276 e. The van der Waals surface area contributed by atoms with Crippen molar-refractivity contribution in [2.24, 2.45) is 0 Å². The minimum absolute atomic E-state index is 0.207. The van der Waals surface area contributed by atoms with Gasteiger partial charge in [0.2, 0.25) is 11.9 Å². The molecule has 0 fully saturated rings. The number of imidazole rings is 2. The first-order valence-electron chi connectivity index (χ1n) is 10.2. The number of carbonyl (C=O) groups excluding carboxylic acids is 2. The normalized spacial score (nSPS) is 10.9. The molecule has 0 atom stereocenters. The van der Waals surface area contributed by atoms with Crippen LogP contribution in [0.25, 0.3) is 21.8 Å². The number of para-hydroxylation sites is 1. The van der Waals surface area contributed by atoms with Gasteiger partial charge in [-0.3, -0.25) is 25.2 Å². The average molecular weight is 441 g/mol. The summed E-state index contributed by atoms with van der Waals surface area (Å²) in [4.78, 5) is 43.9. The molecule has 3 heterocycles. The Balaban J connectivity index is 1.39. The lowest BCUT2D eigenvalue weighted by atomic mass is 10.1. The Kier molecular flexibility index (Phi) is 5.15. The highest BCUT2D eigenvalue weighted by atomic mass is 16.5. The van der Waals surface area contributed by atoms with E-state index >= 15 is 0 Å². The van der Waals surface area contributed by atoms with Crippen LogP contribution in [0, 0.1) is 0 Å². The summed E-state index contributed by atoms with van der Waals surface area (Å²) in [7, 11) is 0. The van der Waals surface area contributed by atoms with Crippen LogP contribution in [0.5, 0.6) is 5.75 Å². The lowest BCUT2D eigenvalue weighted by Gasteiger charge is -2.06. The fourth-order valence-electron chi connectivity index (χ4n) is 3.45. The third-order valence-corrected chi connectivity index (χ3v) is 4.96. The Labute approximate surface area is 187 Å². The van der Waals surface area contributed by atoms with E-state index in [4.69, 9.17) is 4.74 Å². The van der Waals surface area contributed by atoms with Gasteiger partial charge in [0.1, 0.15) is 17.0 Å². The van der Waals surface area contributed by atoms with Gasteiger partial charge in [-0.15, -0.1) is 0 Å². The van der Waals surface area contributed by atoms with Crippen molar-refractivity contribution < 1.29 is 14.3 Å². The molecule has 5 aromatic rings. The maximum atomic E-state index is 12.8. The second kappa shape index (κ2) is 8.42. The molecule has 0 aliphatic rings. The predicted octanol–water partition coefficient (Wildman–Crippen LogP) is 3.74. The molecule has 0 aliphatic carbocycles. The maximum absolute atomic E-state index is 12.8. The van der Waals surface area contributed by atoms with Gasteiger partial charge in [-0.25, -0.2) is 9.97 Å². The Morgan fingerprint density at radius 3 is 2.70 bits per heavy atom. The van der Waals surface area contributed by atoms with Crippen molar-refractivity contribution in [1.29, 1.82) is 0 Å². The number of rotatable bonds is 6. The van der Waals surface area contributed by atoms with E-state index < -0.39 is 5.91 Å². The molecule has 0 aliphatic heterocycles. The van der Waals surface area contributed by atoms with Gasteiger partial charge in [-0.1, -0.05) is 6.07 Å². The number of aromatic nitrogens is 5. The standard InChI is InChI=1S/C23H19N7O3/c1-2-33-15-7-6-13-12-26-18(11-14(13)10-15)21(32)30-23-27-17-5-3-4-16(19(17)28-23)20(31)29-22-24-8-9-25-22/h3-12H,2H2,1H3,(H2,24,25,29,31)(H2,27,28,30,32). The van der Waals surface area contributed by atoms with Crippen LogP contribution >= 0.6 is 0 Å². The summed E-state index contributed by atoms with van der Waals surface area (Å²) in [5.41, 5.74) is 1.59. The van der Waals surface area contributed by atoms with Crippen LogP contribution in [0.2, 0.25) is 0 Å². The molecule has 0 saturated carbocycles. The summed E-state index contributed by atoms with van der Waals surface area (Å²) >= 11 is 0. The number of aromatic amines is 2. The van der Waals surface area contributed by atoms with Crippen LogP contribution in [0.15, 0.2) is 61.1 Å². The number of ether oxygens (including phenoxy) is 1. The third-order valence-electron chi connectivity index (χ3n) is 4.96. The average Bonchev–Trinajstić information content (AvgIpc) is 3.47. The molecule has 164 valence electrons. The van der Waals surface area contributed by atoms with E-state index in [-0.39, 0.29) is 17.5 Å². The molecule has 2 aromatic carbocycles. The monoisotopic (exact) mass is 441 g/mol. The van der Waals surface area contributed by atoms with E-state index in [2.05, 4.69) is 35.6 Å². The molecular formula is C23H19N7O3. The third kappa shape index (κ3) is 4.09. The molecule has 0 radical (unpaired) electrons. The van der Waals surface area contributed by atoms with Gasteiger partial charge in [0.05, 0.1) is 17.7 Å². The van der Waals surface area contributed by atoms with Gasteiger partial charge in [0, 0.05) is 24.0 Å². The second-order valence-corrected chi connectivity index (χ2v) is 7.14. The van der Waals surface area contributed by atoms with Crippen LogP contribution < -0.4 is 15.4 Å². The molecule has 0 unspecified atom stereocenters. The number of nitrogens with zero attached hydrogens (tertiary/aromatic N) is 3. The van der Waals surface area contributed by atoms with Crippen LogP contribution in [0.3, 0.4) is 0 Å². The number of hydrogen-bond acceptors (Lipinski definition) is 6. The summed E-state index contributed by atoms with van der Waals surface area (Å²) in [6.07, 6.45) is 4.78. The second-order valence-electron chi connectivity index (χ2n) is 7.14. The summed E-state index contributed by atoms with van der Waals surface area (Å²) < 4.78 is 5.53. The van der Waals surface area contributed by atoms with Crippen LogP contribution in [0.4, 0.5) is 11.9 Å². The molecule has 3 aromatic heterocycles. The Morgan fingerprint density at radius 1 is 1.00 bits per heavy atom. The Morgan fingerprint density at radius 2 is 1.88 bits per heavy atom. The zero-order valence-corrected chi connectivity index (χ0v) is 17.5. The number of H-pyrrole nitrogens is 2. The Hall–Kier alpha value is -4.73. The molecule has 5 rings (SSSR count). The van der Waals surface area contributed by atoms with Crippen LogP contribution in [-0.4, -0.2) is 43.3 Å². The molecule has 33 heavy (non-hydrogen) atoms. The van der Waals surface area contributed by atoms with E-state index in [1.807, 2.05) is 25.1 Å². The quantitative estimate of drug-likeness (QED) is 0.317. The van der Waals surface area contributed by atoms with E-state index in [0.717, 1.165) is 16.5 Å². The van der Waals surface area contributed by atoms with Gasteiger partial charge in [-0.05, 0) is 48.7 Å². The summed E-state index contributed by atoms with van der Waals surface area (Å²) in [6, 6.07) is 12.5. The topological polar surface area (TPSA) is 138 Å². The molecule has 10 heteroatoms. The molecule has 0 bridgehead atoms. The van der Waals surface area contributed by atoms with E-state index in [0.29, 0.717) is 29.2 Å². The number of anilines is 2. The van der Waals surface area contributed by atoms with Gasteiger partial charge in [0.15, 0.2) is 0 Å². The van der Waals surface area contributed by atoms with Crippen molar-refractivity contribution in [3.63, 3.8) is 0 Å². The number of nitrogens with one attached hydrogen (secondary N) is 4. The lowest BCUT2D eigenvalue weighted by Crippen LogP contribution is -2.15. The van der Waals surface area contributed by atoms with Crippen LogP contribution in [0.1, 0.15) is 27.8 Å². The zero-order valence-electron chi connectivity index (χ0n) is 17.5. The van der Waals surface area contributed by atoms with Gasteiger partial charge in [0.25, 0.3) is 11.8 Å². The summed E-state index contributed by atoms with van der Waals surface area (Å²) in [5, 5.41) is 7.11. The van der Waals surface area contributed by atoms with Gasteiger partial charge >= 0.3 is 0 Å². The SMILES string of the molecule is CCOc1ccc2cnc(C(=O)Nc3nc4c(C(=O)Nc5ncc[nH]5)cccc4[nH]3)cc2c1. The largest absolute Gasteiger partial charge is 0.494 e. The summed E-state index contributed by atoms with van der Waals surface area (Å²) in [5.74, 6) is 0.454. The van der Waals surface area contributed by atoms with Gasteiger partial charge < -0.3 is 14.7 Å². The van der Waals surface area contributed by atoms with Crippen LogP contribution in [-0.2, 0) is 0 Å². The molecule has 10 nitrogen and oxygen atoms in total. The molecular weight excluding hydrogens is 422 g/mol. The van der Waals surface area contributed by atoms with Crippen molar-refractivity contribution in [3.8, 4) is 5.75 Å². The van der Waals surface area contributed by atoms with E-state index in [1.54, 1.807) is 36.7 Å². The molecule has 2 amide bonds. The highest BCUT2D eigenvalue weighted by Crippen LogP contribution is 2.23. The first-order valence-corrected chi connectivity index (χ1v) is 10.2. The van der Waals surface area contributed by atoms with Crippen molar-refractivity contribution in [2.45, 2.75) is 6.92 Å². The van der Waals surface area contributed by atoms with Crippen molar-refractivity contribution in [2.75, 3.05) is 17.2 Å². The minimum Gasteiger partial charge on any atom is -0.494 e. The first kappa shape index (κ1) is 20.2. The molecule has 0 saturated heterocycles. The fourth-order valence-corrected chi connectivity index (χ4v) is 3.45. The number of hydrogen-bond donors (Lipinski definition) is 4. The number of fused-ring (bicyclic) bond motifs is 2. The number of benzene rings is 2. The minimum atomic E-state index is -0.431. The molecule has 4 N–H and O–H groups in total. The van der Waals surface area contributed by atoms with Crippen molar-refractivity contribution >= 4 is 45.5 Å². The van der Waals surface area contributed by atoms with Gasteiger partial charge in [-0.2, -0.15) is 0 Å². The number of pyridine rings is 1. The fraction of sp³-hybridized carbons (Fsp3) is 0.0870. The zero-order chi connectivity index (χ0) is 22.8. The van der Waals surface area contributed by atoms with E-state index in [9.17, 15) is 9.59 Å². The number of amides is 2. The summed E-state index contributed by atoms with van der Waals surface area (Å²) in [6.45, 7) is 2.46. The molecule has 0 spiro atoms. The van der Waals surface area contributed by atoms with Crippen molar-refractivity contribution in [3.05, 3.63) is 72.3 Å². The number of carbonyl (C=O) groups is 2. The lowest BCUT2D eigenvalue weighted by molar-refractivity contribution is 0.101.